The van der Waals surface area contributed by atoms with Crippen LogP contribution in [-0.4, -0.2) is 24.6 Å². The first kappa shape index (κ1) is 12.3. The first-order chi connectivity index (χ1) is 9.52. The van der Waals surface area contributed by atoms with E-state index >= 15 is 0 Å². The minimum Gasteiger partial charge on any atom is -0.309 e. The molecular formula is C13H14N6O. The number of fused-ring (bicyclic) bond motifs is 1. The van der Waals surface area contributed by atoms with Gasteiger partial charge in [-0.1, -0.05) is 6.07 Å². The maximum absolute atomic E-state index is 11.8. The summed E-state index contributed by atoms with van der Waals surface area (Å²) in [4.78, 5) is 24.6. The van der Waals surface area contributed by atoms with Gasteiger partial charge in [-0.3, -0.25) is 9.89 Å². The average Bonchev–Trinajstić information content (AvgIpc) is 2.76. The number of aromatic amines is 1. The summed E-state index contributed by atoms with van der Waals surface area (Å²) in [5.41, 5.74) is 2.34. The molecule has 0 fully saturated rings. The minimum absolute atomic E-state index is 0.193. The zero-order chi connectivity index (χ0) is 14.3. The predicted molar refractivity (Wildman–Crippen MR) is 75.3 cm³/mol. The van der Waals surface area contributed by atoms with Gasteiger partial charge in [0.05, 0.1) is 0 Å². The maximum atomic E-state index is 11.8. The Labute approximate surface area is 114 Å². The van der Waals surface area contributed by atoms with E-state index in [1.807, 2.05) is 26.0 Å². The van der Waals surface area contributed by atoms with Crippen molar-refractivity contribution in [2.24, 2.45) is 0 Å². The van der Waals surface area contributed by atoms with Crippen LogP contribution in [0.2, 0.25) is 0 Å². The summed E-state index contributed by atoms with van der Waals surface area (Å²) in [5, 5.41) is 5.94. The van der Waals surface area contributed by atoms with Gasteiger partial charge in [-0.25, -0.2) is 9.97 Å². The van der Waals surface area contributed by atoms with Crippen molar-refractivity contribution in [2.75, 3.05) is 5.32 Å². The molecule has 2 N–H and O–H groups in total. The van der Waals surface area contributed by atoms with Gasteiger partial charge in [0.2, 0.25) is 5.95 Å². The molecule has 7 nitrogen and oxygen atoms in total. The molecule has 0 saturated heterocycles. The van der Waals surface area contributed by atoms with Crippen molar-refractivity contribution in [3.63, 3.8) is 0 Å². The monoisotopic (exact) mass is 270 g/mol. The van der Waals surface area contributed by atoms with Gasteiger partial charge in [0.15, 0.2) is 0 Å². The number of aromatic nitrogens is 5. The summed E-state index contributed by atoms with van der Waals surface area (Å²) in [6.07, 6.45) is 0. The van der Waals surface area contributed by atoms with Crippen LogP contribution in [0.5, 0.6) is 0 Å². The normalized spacial score (nSPS) is 10.9. The molecule has 0 aliphatic rings. The highest BCUT2D eigenvalue weighted by atomic mass is 16.1. The largest absolute Gasteiger partial charge is 0.309 e. The van der Waals surface area contributed by atoms with Crippen LogP contribution in [0.25, 0.3) is 5.78 Å². The van der Waals surface area contributed by atoms with E-state index < -0.39 is 0 Å². The summed E-state index contributed by atoms with van der Waals surface area (Å²) in [5.74, 6) is 1.47. The van der Waals surface area contributed by atoms with Crippen LogP contribution in [0.3, 0.4) is 0 Å². The van der Waals surface area contributed by atoms with Crippen molar-refractivity contribution in [3.8, 4) is 0 Å². The van der Waals surface area contributed by atoms with E-state index in [0.29, 0.717) is 23.2 Å². The molecule has 3 heterocycles. The second-order valence-corrected chi connectivity index (χ2v) is 4.69. The third-order valence-electron chi connectivity index (χ3n) is 2.93. The van der Waals surface area contributed by atoms with Gasteiger partial charge in [0, 0.05) is 17.5 Å². The quantitative estimate of drug-likeness (QED) is 0.736. The van der Waals surface area contributed by atoms with E-state index in [-0.39, 0.29) is 5.56 Å². The predicted octanol–water partition coefficient (Wildman–Crippen LogP) is 1.48. The summed E-state index contributed by atoms with van der Waals surface area (Å²) in [6.45, 7) is 5.63. The molecule has 20 heavy (non-hydrogen) atoms. The molecule has 0 bridgehead atoms. The minimum atomic E-state index is -0.193. The number of anilines is 2. The Kier molecular flexibility index (Phi) is 2.74. The topological polar surface area (TPSA) is 88.0 Å². The lowest BCUT2D eigenvalue weighted by Gasteiger charge is -2.05. The van der Waals surface area contributed by atoms with Crippen LogP contribution >= 0.6 is 0 Å². The number of aryl methyl sites for hydroxylation is 3. The third kappa shape index (κ3) is 2.13. The van der Waals surface area contributed by atoms with Gasteiger partial charge in [0.1, 0.15) is 5.82 Å². The molecule has 7 heteroatoms. The van der Waals surface area contributed by atoms with Crippen LogP contribution in [0.4, 0.5) is 11.8 Å². The first-order valence-corrected chi connectivity index (χ1v) is 6.20. The Bertz CT molecular complexity index is 848. The number of hydrogen-bond acceptors (Lipinski definition) is 5. The molecule has 0 spiro atoms. The Morgan fingerprint density at radius 2 is 1.90 bits per heavy atom. The molecule has 0 aliphatic heterocycles. The third-order valence-corrected chi connectivity index (χ3v) is 2.93. The molecule has 0 unspecified atom stereocenters. The summed E-state index contributed by atoms with van der Waals surface area (Å²) < 4.78 is 1.29. The maximum Gasteiger partial charge on any atom is 0.274 e. The van der Waals surface area contributed by atoms with E-state index in [0.717, 1.165) is 11.3 Å². The zero-order valence-electron chi connectivity index (χ0n) is 11.4. The molecule has 102 valence electrons. The highest BCUT2D eigenvalue weighted by Crippen LogP contribution is 2.16. The van der Waals surface area contributed by atoms with Gasteiger partial charge in [-0.15, -0.1) is 0 Å². The van der Waals surface area contributed by atoms with Crippen LogP contribution in [0.15, 0.2) is 23.0 Å². The lowest BCUT2D eigenvalue weighted by atomic mass is 10.2. The number of hydrogen-bond donors (Lipinski definition) is 2. The van der Waals surface area contributed by atoms with Gasteiger partial charge < -0.3 is 5.32 Å². The Balaban J connectivity index is 2.05. The molecule has 0 amide bonds. The van der Waals surface area contributed by atoms with E-state index in [2.05, 4.69) is 25.4 Å². The fourth-order valence-electron chi connectivity index (χ4n) is 1.91. The molecular weight excluding hydrogens is 256 g/mol. The number of nitrogens with one attached hydrogen (secondary N) is 2. The zero-order valence-corrected chi connectivity index (χ0v) is 11.4. The molecule has 0 radical (unpaired) electrons. The lowest BCUT2D eigenvalue weighted by Crippen LogP contribution is -2.14. The fourth-order valence-corrected chi connectivity index (χ4v) is 1.91. The number of pyridine rings is 1. The van der Waals surface area contributed by atoms with Crippen molar-refractivity contribution < 1.29 is 0 Å². The molecule has 0 atom stereocenters. The van der Waals surface area contributed by atoms with E-state index in [4.69, 9.17) is 0 Å². The Hall–Kier alpha value is -2.70. The van der Waals surface area contributed by atoms with Crippen LogP contribution in [0.1, 0.15) is 17.0 Å². The van der Waals surface area contributed by atoms with E-state index in [1.54, 1.807) is 6.92 Å². The van der Waals surface area contributed by atoms with Crippen molar-refractivity contribution in [1.29, 1.82) is 0 Å². The van der Waals surface area contributed by atoms with Crippen molar-refractivity contribution in [1.82, 2.24) is 24.6 Å². The summed E-state index contributed by atoms with van der Waals surface area (Å²) in [6, 6.07) is 5.36. The Morgan fingerprint density at radius 3 is 2.70 bits per heavy atom. The average molecular weight is 270 g/mol. The second-order valence-electron chi connectivity index (χ2n) is 4.69. The van der Waals surface area contributed by atoms with Gasteiger partial charge >= 0.3 is 0 Å². The molecule has 0 aliphatic carbocycles. The summed E-state index contributed by atoms with van der Waals surface area (Å²) in [7, 11) is 0. The van der Waals surface area contributed by atoms with Gasteiger partial charge in [-0.05, 0) is 32.4 Å². The molecule has 3 rings (SSSR count). The van der Waals surface area contributed by atoms with Crippen molar-refractivity contribution in [2.45, 2.75) is 20.8 Å². The highest BCUT2D eigenvalue weighted by Gasteiger charge is 2.08. The smallest absolute Gasteiger partial charge is 0.274 e. The van der Waals surface area contributed by atoms with Crippen LogP contribution < -0.4 is 10.9 Å². The van der Waals surface area contributed by atoms with Gasteiger partial charge in [-0.2, -0.15) is 9.50 Å². The van der Waals surface area contributed by atoms with Crippen LogP contribution in [0, 0.1) is 20.8 Å². The SMILES string of the molecule is Cc1ccc(C)c(Nc2nc3nc(C)cc(=O)n3[nH]2)n1. The van der Waals surface area contributed by atoms with Gasteiger partial charge in [0.25, 0.3) is 11.3 Å². The second kappa shape index (κ2) is 4.44. The molecule has 0 aromatic carbocycles. The molecule has 3 aromatic heterocycles. The first-order valence-electron chi connectivity index (χ1n) is 6.20. The lowest BCUT2D eigenvalue weighted by molar-refractivity contribution is 0.891. The Morgan fingerprint density at radius 1 is 1.10 bits per heavy atom. The number of H-pyrrole nitrogens is 1. The van der Waals surface area contributed by atoms with E-state index in [9.17, 15) is 4.79 Å². The van der Waals surface area contributed by atoms with Crippen molar-refractivity contribution in [3.05, 3.63) is 45.5 Å². The number of rotatable bonds is 2. The highest BCUT2D eigenvalue weighted by molar-refractivity contribution is 5.54. The van der Waals surface area contributed by atoms with Crippen molar-refractivity contribution >= 4 is 17.5 Å². The van der Waals surface area contributed by atoms with Crippen LogP contribution in [-0.2, 0) is 0 Å². The number of nitrogens with zero attached hydrogens (tertiary/aromatic N) is 4. The summed E-state index contributed by atoms with van der Waals surface area (Å²) >= 11 is 0. The van der Waals surface area contributed by atoms with E-state index in [1.165, 1.54) is 10.6 Å². The standard InChI is InChI=1S/C13H14N6O/c1-7-4-5-8(2)14-11(7)16-12-17-13-15-9(3)6-10(20)19(13)18-12/h4-6H,1-3H3,(H2,14,15,16,17,18). The molecule has 3 aromatic rings. The fraction of sp³-hybridized carbons (Fsp3) is 0.231. The molecule has 0 saturated carbocycles.